The molecule has 2 heterocycles. The van der Waals surface area contributed by atoms with Crippen molar-refractivity contribution in [3.8, 4) is 0 Å². The molecule has 0 saturated carbocycles. The zero-order chi connectivity index (χ0) is 20.3. The predicted molar refractivity (Wildman–Crippen MR) is 109 cm³/mol. The van der Waals surface area contributed by atoms with Crippen LogP contribution in [0.25, 0.3) is 5.57 Å². The molecule has 0 radical (unpaired) electrons. The van der Waals surface area contributed by atoms with Crippen LogP contribution in [0.3, 0.4) is 0 Å². The summed E-state index contributed by atoms with van der Waals surface area (Å²) in [6.45, 7) is 2.34. The molecule has 150 valence electrons. The highest BCUT2D eigenvalue weighted by Crippen LogP contribution is 2.38. The Bertz CT molecular complexity index is 913. The minimum atomic E-state index is -0.731. The number of ketones is 2. The summed E-state index contributed by atoms with van der Waals surface area (Å²) in [5, 5.41) is 0. The van der Waals surface area contributed by atoms with E-state index in [0.717, 1.165) is 31.6 Å². The molecule has 2 aromatic rings. The number of carbonyl (C=O) groups is 2. The number of halogens is 1. The Kier molecular flexibility index (Phi) is 5.58. The Morgan fingerprint density at radius 3 is 2.41 bits per heavy atom. The van der Waals surface area contributed by atoms with Crippen molar-refractivity contribution in [2.24, 2.45) is 0 Å². The maximum absolute atomic E-state index is 13.0. The number of piperidine rings is 1. The summed E-state index contributed by atoms with van der Waals surface area (Å²) in [4.78, 5) is 27.5. The van der Waals surface area contributed by atoms with E-state index in [-0.39, 0.29) is 17.4 Å². The van der Waals surface area contributed by atoms with E-state index >= 15 is 0 Å². The number of carbonyl (C=O) groups excluding carboxylic acids is 2. The van der Waals surface area contributed by atoms with E-state index < -0.39 is 5.60 Å². The molecule has 0 bridgehead atoms. The third-order valence-corrected chi connectivity index (χ3v) is 5.85. The van der Waals surface area contributed by atoms with Crippen LogP contribution in [-0.4, -0.2) is 41.7 Å². The third-order valence-electron chi connectivity index (χ3n) is 5.85. The van der Waals surface area contributed by atoms with E-state index in [1.54, 1.807) is 6.26 Å². The van der Waals surface area contributed by atoms with E-state index in [2.05, 4.69) is 4.90 Å². The average Bonchev–Trinajstić information content (AvgIpc) is 3.06. The summed E-state index contributed by atoms with van der Waals surface area (Å²) in [5.74, 6) is -0.225. The van der Waals surface area contributed by atoms with Crippen molar-refractivity contribution in [3.05, 3.63) is 77.8 Å². The zero-order valence-corrected chi connectivity index (χ0v) is 16.3. The molecule has 4 rings (SSSR count). The second-order valence-electron chi connectivity index (χ2n) is 7.71. The molecule has 1 fully saturated rings. The SMILES string of the molecule is O=C(CCCN1CCC2(CC1)OC=C(c1ccccc1)C2=O)c1ccc(F)cc1. The van der Waals surface area contributed by atoms with Crippen LogP contribution < -0.4 is 0 Å². The number of ether oxygens (including phenoxy) is 1. The third kappa shape index (κ3) is 4.15. The fraction of sp³-hybridized carbons (Fsp3) is 0.333. The number of Topliss-reactive ketones (excluding diaryl/α,β-unsaturated/α-hetero) is 2. The van der Waals surface area contributed by atoms with Gasteiger partial charge in [0.2, 0.25) is 5.78 Å². The van der Waals surface area contributed by atoms with E-state index in [0.29, 0.717) is 30.4 Å². The molecule has 2 aliphatic heterocycles. The van der Waals surface area contributed by atoms with E-state index in [1.807, 2.05) is 30.3 Å². The molecular formula is C24H24FNO3. The summed E-state index contributed by atoms with van der Waals surface area (Å²) >= 11 is 0. The molecular weight excluding hydrogens is 369 g/mol. The van der Waals surface area contributed by atoms with Crippen molar-refractivity contribution in [2.75, 3.05) is 19.6 Å². The molecule has 2 aromatic carbocycles. The Hall–Kier alpha value is -2.79. The highest BCUT2D eigenvalue weighted by atomic mass is 19.1. The van der Waals surface area contributed by atoms with Crippen molar-refractivity contribution < 1.29 is 18.7 Å². The van der Waals surface area contributed by atoms with Crippen molar-refractivity contribution in [3.63, 3.8) is 0 Å². The summed E-state index contributed by atoms with van der Waals surface area (Å²) < 4.78 is 18.9. The minimum Gasteiger partial charge on any atom is -0.486 e. The molecule has 0 N–H and O–H groups in total. The first-order valence-electron chi connectivity index (χ1n) is 10.1. The fourth-order valence-electron chi connectivity index (χ4n) is 4.07. The molecule has 0 aliphatic carbocycles. The van der Waals surface area contributed by atoms with Crippen LogP contribution in [0.1, 0.15) is 41.6 Å². The van der Waals surface area contributed by atoms with Gasteiger partial charge in [0.1, 0.15) is 5.82 Å². The molecule has 0 unspecified atom stereocenters. The second kappa shape index (κ2) is 8.29. The maximum atomic E-state index is 13.0. The van der Waals surface area contributed by atoms with Gasteiger partial charge in [-0.1, -0.05) is 30.3 Å². The first-order chi connectivity index (χ1) is 14.1. The lowest BCUT2D eigenvalue weighted by molar-refractivity contribution is -0.133. The standard InChI is InChI=1S/C24H24FNO3/c25-20-10-8-19(9-11-20)22(27)7-4-14-26-15-12-24(13-16-26)23(28)21(17-29-24)18-5-2-1-3-6-18/h1-3,5-6,8-11,17H,4,7,12-16H2. The summed E-state index contributed by atoms with van der Waals surface area (Å²) in [7, 11) is 0. The van der Waals surface area contributed by atoms with Crippen molar-refractivity contribution >= 4 is 17.1 Å². The molecule has 1 spiro atoms. The molecule has 4 nitrogen and oxygen atoms in total. The Labute approximate surface area is 170 Å². The van der Waals surface area contributed by atoms with E-state index in [9.17, 15) is 14.0 Å². The second-order valence-corrected chi connectivity index (χ2v) is 7.71. The van der Waals surface area contributed by atoms with Gasteiger partial charge in [0.25, 0.3) is 0 Å². The molecule has 5 heteroatoms. The first-order valence-corrected chi connectivity index (χ1v) is 10.1. The van der Waals surface area contributed by atoms with Gasteiger partial charge in [-0.25, -0.2) is 4.39 Å². The van der Waals surface area contributed by atoms with E-state index in [1.165, 1.54) is 24.3 Å². The molecule has 2 aliphatic rings. The monoisotopic (exact) mass is 393 g/mol. The number of rotatable bonds is 6. The van der Waals surface area contributed by atoms with Gasteiger partial charge in [-0.2, -0.15) is 0 Å². The predicted octanol–water partition coefficient (Wildman–Crippen LogP) is 4.26. The van der Waals surface area contributed by atoms with Gasteiger partial charge >= 0.3 is 0 Å². The maximum Gasteiger partial charge on any atom is 0.210 e. The van der Waals surface area contributed by atoms with Gasteiger partial charge in [0, 0.05) is 37.9 Å². The van der Waals surface area contributed by atoms with Gasteiger partial charge in [-0.15, -0.1) is 0 Å². The lowest BCUT2D eigenvalue weighted by Gasteiger charge is -2.37. The zero-order valence-electron chi connectivity index (χ0n) is 16.3. The smallest absolute Gasteiger partial charge is 0.210 e. The molecule has 0 atom stereocenters. The number of hydrogen-bond acceptors (Lipinski definition) is 4. The minimum absolute atomic E-state index is 0.0319. The van der Waals surface area contributed by atoms with Gasteiger partial charge in [-0.05, 0) is 42.8 Å². The van der Waals surface area contributed by atoms with Gasteiger partial charge in [0.05, 0.1) is 11.8 Å². The molecule has 0 amide bonds. The Morgan fingerprint density at radius 1 is 1.03 bits per heavy atom. The van der Waals surface area contributed by atoms with Crippen LogP contribution in [0.2, 0.25) is 0 Å². The normalized spacial score (nSPS) is 18.5. The van der Waals surface area contributed by atoms with Gasteiger partial charge in [-0.3, -0.25) is 9.59 Å². The molecule has 1 saturated heterocycles. The van der Waals surface area contributed by atoms with Gasteiger partial charge < -0.3 is 9.64 Å². The molecule has 29 heavy (non-hydrogen) atoms. The van der Waals surface area contributed by atoms with Crippen LogP contribution in [0.15, 0.2) is 60.9 Å². The highest BCUT2D eigenvalue weighted by Gasteiger charge is 2.47. The van der Waals surface area contributed by atoms with Crippen molar-refractivity contribution in [1.82, 2.24) is 4.90 Å². The molecule has 0 aromatic heterocycles. The quantitative estimate of drug-likeness (QED) is 0.688. The van der Waals surface area contributed by atoms with Crippen LogP contribution >= 0.6 is 0 Å². The average molecular weight is 393 g/mol. The van der Waals surface area contributed by atoms with Crippen LogP contribution in [0.5, 0.6) is 0 Å². The lowest BCUT2D eigenvalue weighted by atomic mass is 9.84. The summed E-state index contributed by atoms with van der Waals surface area (Å²) in [6, 6.07) is 15.3. The summed E-state index contributed by atoms with van der Waals surface area (Å²) in [6.07, 6.45) is 4.11. The first kappa shape index (κ1) is 19.5. The van der Waals surface area contributed by atoms with Crippen LogP contribution in [-0.2, 0) is 9.53 Å². The van der Waals surface area contributed by atoms with Crippen LogP contribution in [0, 0.1) is 5.82 Å². The van der Waals surface area contributed by atoms with Crippen molar-refractivity contribution in [1.29, 1.82) is 0 Å². The lowest BCUT2D eigenvalue weighted by Crippen LogP contribution is -2.48. The number of benzene rings is 2. The fourth-order valence-corrected chi connectivity index (χ4v) is 4.07. The number of hydrogen-bond donors (Lipinski definition) is 0. The number of nitrogens with zero attached hydrogens (tertiary/aromatic N) is 1. The number of likely N-dealkylation sites (tertiary alicyclic amines) is 1. The van der Waals surface area contributed by atoms with Gasteiger partial charge in [0.15, 0.2) is 11.4 Å². The Balaban J connectivity index is 1.25. The highest BCUT2D eigenvalue weighted by molar-refractivity contribution is 6.26. The Morgan fingerprint density at radius 2 is 1.72 bits per heavy atom. The topological polar surface area (TPSA) is 46.6 Å². The summed E-state index contributed by atoms with van der Waals surface area (Å²) in [5.41, 5.74) is 1.37. The van der Waals surface area contributed by atoms with Crippen LogP contribution in [0.4, 0.5) is 4.39 Å². The van der Waals surface area contributed by atoms with Crippen molar-refractivity contribution in [2.45, 2.75) is 31.3 Å². The van der Waals surface area contributed by atoms with E-state index in [4.69, 9.17) is 4.74 Å². The largest absolute Gasteiger partial charge is 0.486 e.